The molecule has 1 aliphatic carbocycles. The summed E-state index contributed by atoms with van der Waals surface area (Å²) in [4.78, 5) is 23.7. The Labute approximate surface area is 121 Å². The molecule has 5 heteroatoms. The predicted molar refractivity (Wildman–Crippen MR) is 80.0 cm³/mol. The minimum Gasteiger partial charge on any atom is -0.480 e. The van der Waals surface area contributed by atoms with Crippen LogP contribution in [0.2, 0.25) is 0 Å². The Hall–Kier alpha value is -2.56. The van der Waals surface area contributed by atoms with Crippen molar-refractivity contribution < 1.29 is 14.7 Å². The van der Waals surface area contributed by atoms with Crippen LogP contribution in [0.1, 0.15) is 29.6 Å². The third kappa shape index (κ3) is 2.20. The normalized spacial score (nSPS) is 16.2. The number of carbonyl (C=O) groups is 2. The Morgan fingerprint density at radius 3 is 2.29 bits per heavy atom. The van der Waals surface area contributed by atoms with Crippen LogP contribution in [0.25, 0.3) is 10.8 Å². The largest absolute Gasteiger partial charge is 0.480 e. The molecule has 108 valence electrons. The van der Waals surface area contributed by atoms with Crippen LogP contribution in [0.4, 0.5) is 5.69 Å². The van der Waals surface area contributed by atoms with E-state index in [1.165, 1.54) is 0 Å². The average Bonchev–Trinajstić information content (AvgIpc) is 2.41. The van der Waals surface area contributed by atoms with E-state index in [1.807, 2.05) is 24.3 Å². The molecule has 21 heavy (non-hydrogen) atoms. The van der Waals surface area contributed by atoms with E-state index in [-0.39, 0.29) is 0 Å². The molecular weight excluding hydrogens is 268 g/mol. The fourth-order valence-electron chi connectivity index (χ4n) is 2.66. The molecule has 0 aromatic heterocycles. The van der Waals surface area contributed by atoms with Gasteiger partial charge in [-0.15, -0.1) is 0 Å². The molecule has 1 fully saturated rings. The number of nitrogens with one attached hydrogen (secondary N) is 1. The van der Waals surface area contributed by atoms with Crippen LogP contribution in [-0.4, -0.2) is 22.5 Å². The molecule has 2 aromatic rings. The van der Waals surface area contributed by atoms with Crippen molar-refractivity contribution >= 4 is 28.3 Å². The van der Waals surface area contributed by atoms with Crippen LogP contribution in [0, 0.1) is 0 Å². The zero-order valence-electron chi connectivity index (χ0n) is 11.4. The van der Waals surface area contributed by atoms with Crippen molar-refractivity contribution in [2.24, 2.45) is 0 Å². The molecule has 1 aliphatic rings. The quantitative estimate of drug-likeness (QED) is 0.753. The summed E-state index contributed by atoms with van der Waals surface area (Å²) in [5.41, 5.74) is 5.48. The summed E-state index contributed by atoms with van der Waals surface area (Å²) in [6.45, 7) is 0. The van der Waals surface area contributed by atoms with E-state index in [0.29, 0.717) is 24.1 Å². The van der Waals surface area contributed by atoms with Gasteiger partial charge in [-0.2, -0.15) is 0 Å². The van der Waals surface area contributed by atoms with Crippen LogP contribution in [0.3, 0.4) is 0 Å². The highest BCUT2D eigenvalue weighted by Crippen LogP contribution is 2.33. The molecular formula is C16H16N2O3. The summed E-state index contributed by atoms with van der Waals surface area (Å²) >= 11 is 0. The second-order valence-electron chi connectivity index (χ2n) is 5.48. The molecule has 0 unspecified atom stereocenters. The van der Waals surface area contributed by atoms with Crippen LogP contribution >= 0.6 is 0 Å². The molecule has 0 aliphatic heterocycles. The molecule has 0 radical (unpaired) electrons. The molecule has 4 N–H and O–H groups in total. The summed E-state index contributed by atoms with van der Waals surface area (Å²) in [6.07, 6.45) is 1.73. The van der Waals surface area contributed by atoms with Crippen molar-refractivity contribution in [1.29, 1.82) is 0 Å². The van der Waals surface area contributed by atoms with Crippen molar-refractivity contribution in [2.45, 2.75) is 24.8 Å². The van der Waals surface area contributed by atoms with E-state index in [1.54, 1.807) is 12.1 Å². The van der Waals surface area contributed by atoms with Crippen molar-refractivity contribution in [1.82, 2.24) is 5.32 Å². The maximum absolute atomic E-state index is 12.4. The van der Waals surface area contributed by atoms with Gasteiger partial charge in [0, 0.05) is 5.69 Å². The SMILES string of the molecule is Nc1cc2ccccc2cc1C(=O)NC1(C(=O)O)CCC1. The second kappa shape index (κ2) is 4.77. The molecule has 5 nitrogen and oxygen atoms in total. The molecule has 0 saturated heterocycles. The Kier molecular flexibility index (Phi) is 3.05. The third-order valence-corrected chi connectivity index (χ3v) is 4.13. The maximum atomic E-state index is 12.4. The fourth-order valence-corrected chi connectivity index (χ4v) is 2.66. The maximum Gasteiger partial charge on any atom is 0.329 e. The lowest BCUT2D eigenvalue weighted by Crippen LogP contribution is -2.59. The van der Waals surface area contributed by atoms with Gasteiger partial charge < -0.3 is 16.2 Å². The van der Waals surface area contributed by atoms with E-state index < -0.39 is 17.4 Å². The van der Waals surface area contributed by atoms with Crippen LogP contribution in [0.15, 0.2) is 36.4 Å². The summed E-state index contributed by atoms with van der Waals surface area (Å²) in [7, 11) is 0. The Morgan fingerprint density at radius 1 is 1.14 bits per heavy atom. The van der Waals surface area contributed by atoms with Crippen molar-refractivity contribution in [3.63, 3.8) is 0 Å². The number of carboxylic acids is 1. The number of carboxylic acid groups (broad SMARTS) is 1. The van der Waals surface area contributed by atoms with E-state index >= 15 is 0 Å². The third-order valence-electron chi connectivity index (χ3n) is 4.13. The van der Waals surface area contributed by atoms with Crippen LogP contribution < -0.4 is 11.1 Å². The molecule has 0 heterocycles. The number of amides is 1. The average molecular weight is 284 g/mol. The van der Waals surface area contributed by atoms with Gasteiger partial charge in [-0.25, -0.2) is 4.79 Å². The monoisotopic (exact) mass is 284 g/mol. The standard InChI is InChI=1S/C16H16N2O3/c17-13-9-11-5-2-1-4-10(11)8-12(13)14(19)18-16(15(20)21)6-3-7-16/h1-2,4-5,8-9H,3,6-7,17H2,(H,18,19)(H,20,21). The lowest BCUT2D eigenvalue weighted by atomic mass is 9.76. The number of carbonyl (C=O) groups excluding carboxylic acids is 1. The fraction of sp³-hybridized carbons (Fsp3) is 0.250. The second-order valence-corrected chi connectivity index (χ2v) is 5.48. The number of nitrogen functional groups attached to an aromatic ring is 1. The van der Waals surface area contributed by atoms with E-state index in [9.17, 15) is 14.7 Å². The van der Waals surface area contributed by atoms with Crippen molar-refractivity contribution in [3.05, 3.63) is 42.0 Å². The lowest BCUT2D eigenvalue weighted by Gasteiger charge is -2.38. The summed E-state index contributed by atoms with van der Waals surface area (Å²) in [5, 5.41) is 13.8. The number of fused-ring (bicyclic) bond motifs is 1. The van der Waals surface area contributed by atoms with Crippen LogP contribution in [0.5, 0.6) is 0 Å². The number of anilines is 1. The first kappa shape index (κ1) is 13.4. The molecule has 0 bridgehead atoms. The number of rotatable bonds is 3. The summed E-state index contributed by atoms with van der Waals surface area (Å²) in [5.74, 6) is -1.41. The van der Waals surface area contributed by atoms with Crippen LogP contribution in [-0.2, 0) is 4.79 Å². The summed E-state index contributed by atoms with van der Waals surface area (Å²) < 4.78 is 0. The van der Waals surface area contributed by atoms with Gasteiger partial charge in [0.25, 0.3) is 5.91 Å². The van der Waals surface area contributed by atoms with Gasteiger partial charge in [-0.05, 0) is 42.2 Å². The zero-order valence-corrected chi connectivity index (χ0v) is 11.4. The van der Waals surface area contributed by atoms with Crippen molar-refractivity contribution in [3.8, 4) is 0 Å². The highest BCUT2D eigenvalue weighted by atomic mass is 16.4. The van der Waals surface area contributed by atoms with Gasteiger partial charge in [0.2, 0.25) is 0 Å². The Bertz CT molecular complexity index is 735. The number of benzene rings is 2. The minimum absolute atomic E-state index is 0.321. The van der Waals surface area contributed by atoms with Crippen molar-refractivity contribution in [2.75, 3.05) is 5.73 Å². The van der Waals surface area contributed by atoms with Gasteiger partial charge in [0.05, 0.1) is 5.56 Å². The predicted octanol–water partition coefficient (Wildman–Crippen LogP) is 2.16. The Balaban J connectivity index is 1.94. The number of aliphatic carboxylic acids is 1. The molecule has 3 rings (SSSR count). The lowest BCUT2D eigenvalue weighted by molar-refractivity contribution is -0.148. The summed E-state index contributed by atoms with van der Waals surface area (Å²) in [6, 6.07) is 11.0. The zero-order chi connectivity index (χ0) is 15.0. The Morgan fingerprint density at radius 2 is 1.76 bits per heavy atom. The minimum atomic E-state index is -1.13. The topological polar surface area (TPSA) is 92.4 Å². The number of hydrogen-bond acceptors (Lipinski definition) is 3. The number of nitrogens with two attached hydrogens (primary N) is 1. The first-order chi connectivity index (χ1) is 10.0. The smallest absolute Gasteiger partial charge is 0.329 e. The number of hydrogen-bond donors (Lipinski definition) is 3. The molecule has 1 saturated carbocycles. The van der Waals surface area contributed by atoms with Gasteiger partial charge in [0.15, 0.2) is 0 Å². The first-order valence-corrected chi connectivity index (χ1v) is 6.86. The van der Waals surface area contributed by atoms with E-state index in [0.717, 1.165) is 17.2 Å². The van der Waals surface area contributed by atoms with Gasteiger partial charge in [-0.1, -0.05) is 24.3 Å². The molecule has 2 aromatic carbocycles. The highest BCUT2D eigenvalue weighted by Gasteiger charge is 2.45. The highest BCUT2D eigenvalue weighted by molar-refractivity contribution is 6.05. The first-order valence-electron chi connectivity index (χ1n) is 6.86. The molecule has 0 atom stereocenters. The van der Waals surface area contributed by atoms with Gasteiger partial charge in [-0.3, -0.25) is 4.79 Å². The van der Waals surface area contributed by atoms with Gasteiger partial charge >= 0.3 is 5.97 Å². The molecule has 1 amide bonds. The van der Waals surface area contributed by atoms with E-state index in [2.05, 4.69) is 5.32 Å². The van der Waals surface area contributed by atoms with Gasteiger partial charge in [0.1, 0.15) is 5.54 Å². The molecule has 0 spiro atoms. The van der Waals surface area contributed by atoms with E-state index in [4.69, 9.17) is 5.73 Å².